The highest BCUT2D eigenvalue weighted by Crippen LogP contribution is 2.27. The van der Waals surface area contributed by atoms with Crippen LogP contribution in [0.5, 0.6) is 5.75 Å². The molecule has 3 N–H and O–H groups in total. The van der Waals surface area contributed by atoms with Gasteiger partial charge < -0.3 is 15.8 Å². The molecule has 0 fully saturated rings. The van der Waals surface area contributed by atoms with Gasteiger partial charge in [0, 0.05) is 29.5 Å². The summed E-state index contributed by atoms with van der Waals surface area (Å²) in [5.74, 6) is 0.796. The van der Waals surface area contributed by atoms with Crippen LogP contribution in [0.15, 0.2) is 42.5 Å². The molecule has 0 radical (unpaired) electrons. The van der Waals surface area contributed by atoms with Crippen LogP contribution in [0.3, 0.4) is 0 Å². The summed E-state index contributed by atoms with van der Waals surface area (Å²) >= 11 is 0. The number of hydrogen-bond acceptors (Lipinski definition) is 3. The third-order valence-electron chi connectivity index (χ3n) is 3.34. The predicted molar refractivity (Wildman–Crippen MR) is 89.8 cm³/mol. The summed E-state index contributed by atoms with van der Waals surface area (Å²) in [4.78, 5) is 0. The van der Waals surface area contributed by atoms with Gasteiger partial charge in [-0.25, -0.2) is 0 Å². The molecule has 0 saturated carbocycles. The Balaban J connectivity index is 2.19. The van der Waals surface area contributed by atoms with Crippen molar-refractivity contribution in [3.05, 3.63) is 53.6 Å². The molecule has 0 aromatic heterocycles. The fourth-order valence-corrected chi connectivity index (χ4v) is 2.45. The third-order valence-corrected chi connectivity index (χ3v) is 3.34. The lowest BCUT2D eigenvalue weighted by Gasteiger charge is -2.19. The second-order valence-corrected chi connectivity index (χ2v) is 5.68. The van der Waals surface area contributed by atoms with E-state index in [-0.39, 0.29) is 12.1 Å². The van der Waals surface area contributed by atoms with Gasteiger partial charge in [-0.2, -0.15) is 0 Å². The van der Waals surface area contributed by atoms with Crippen molar-refractivity contribution in [2.24, 2.45) is 0 Å². The molecule has 3 heteroatoms. The van der Waals surface area contributed by atoms with E-state index in [1.807, 2.05) is 32.0 Å². The van der Waals surface area contributed by atoms with Gasteiger partial charge in [0.1, 0.15) is 5.75 Å². The molecule has 21 heavy (non-hydrogen) atoms. The zero-order valence-corrected chi connectivity index (χ0v) is 13.2. The molecule has 2 aromatic carbocycles. The van der Waals surface area contributed by atoms with Gasteiger partial charge in [0.05, 0.1) is 6.10 Å². The molecular formula is C18H24N2O. The van der Waals surface area contributed by atoms with Gasteiger partial charge in [-0.3, -0.25) is 0 Å². The number of rotatable bonds is 5. The van der Waals surface area contributed by atoms with Crippen molar-refractivity contribution in [3.63, 3.8) is 0 Å². The van der Waals surface area contributed by atoms with Crippen LogP contribution in [0.2, 0.25) is 0 Å². The van der Waals surface area contributed by atoms with E-state index in [0.717, 1.165) is 11.4 Å². The average Bonchev–Trinajstić information content (AvgIpc) is 2.37. The highest BCUT2D eigenvalue weighted by atomic mass is 16.5. The molecule has 0 aliphatic carbocycles. The van der Waals surface area contributed by atoms with Crippen molar-refractivity contribution in [2.45, 2.75) is 39.8 Å². The predicted octanol–water partition coefficient (Wildman–Crippen LogP) is 4.54. The van der Waals surface area contributed by atoms with E-state index >= 15 is 0 Å². The number of anilines is 2. The van der Waals surface area contributed by atoms with E-state index in [2.05, 4.69) is 43.4 Å². The Labute approximate surface area is 127 Å². The van der Waals surface area contributed by atoms with Gasteiger partial charge >= 0.3 is 0 Å². The second kappa shape index (κ2) is 6.53. The van der Waals surface area contributed by atoms with Crippen molar-refractivity contribution in [2.75, 3.05) is 11.1 Å². The van der Waals surface area contributed by atoms with Crippen molar-refractivity contribution in [1.29, 1.82) is 0 Å². The first-order valence-electron chi connectivity index (χ1n) is 7.35. The number of aryl methyl sites for hydroxylation is 1. The first kappa shape index (κ1) is 15.2. The number of nitrogen functional groups attached to an aromatic ring is 1. The van der Waals surface area contributed by atoms with E-state index in [0.29, 0.717) is 5.69 Å². The van der Waals surface area contributed by atoms with Gasteiger partial charge in [0.2, 0.25) is 0 Å². The van der Waals surface area contributed by atoms with Crippen LogP contribution in [-0.2, 0) is 0 Å². The normalized spacial score (nSPS) is 12.2. The molecular weight excluding hydrogens is 260 g/mol. The van der Waals surface area contributed by atoms with Crippen molar-refractivity contribution in [1.82, 2.24) is 0 Å². The van der Waals surface area contributed by atoms with Crippen LogP contribution in [0.25, 0.3) is 0 Å². The molecule has 2 aromatic rings. The molecule has 2 rings (SSSR count). The lowest BCUT2D eigenvalue weighted by Crippen LogP contribution is -2.10. The van der Waals surface area contributed by atoms with Gasteiger partial charge in [-0.15, -0.1) is 0 Å². The van der Waals surface area contributed by atoms with Crippen LogP contribution < -0.4 is 15.8 Å². The number of benzene rings is 2. The summed E-state index contributed by atoms with van der Waals surface area (Å²) in [6.07, 6.45) is 0.133. The molecule has 0 heterocycles. The molecule has 1 atom stereocenters. The van der Waals surface area contributed by atoms with E-state index in [1.165, 1.54) is 11.1 Å². The van der Waals surface area contributed by atoms with E-state index < -0.39 is 0 Å². The van der Waals surface area contributed by atoms with E-state index in [9.17, 15) is 0 Å². The fourth-order valence-electron chi connectivity index (χ4n) is 2.45. The summed E-state index contributed by atoms with van der Waals surface area (Å²) in [6, 6.07) is 14.4. The summed E-state index contributed by atoms with van der Waals surface area (Å²) in [5, 5.41) is 3.49. The summed E-state index contributed by atoms with van der Waals surface area (Å²) in [5.41, 5.74) is 10.2. The van der Waals surface area contributed by atoms with Crippen LogP contribution in [0.1, 0.15) is 37.9 Å². The zero-order valence-electron chi connectivity index (χ0n) is 13.2. The first-order chi connectivity index (χ1) is 9.95. The van der Waals surface area contributed by atoms with Crippen molar-refractivity contribution in [3.8, 4) is 5.75 Å². The smallest absolute Gasteiger partial charge is 0.123 e. The standard InChI is InChI=1S/C18H24N2O/c1-12(2)21-17-10-15(19)9-16(11-17)20-14(4)18-8-6-5-7-13(18)3/h5-12,14,20H,19H2,1-4H3. The minimum atomic E-state index is 0.133. The molecule has 1 unspecified atom stereocenters. The quantitative estimate of drug-likeness (QED) is 0.793. The average molecular weight is 284 g/mol. The summed E-state index contributed by atoms with van der Waals surface area (Å²) < 4.78 is 5.73. The maximum Gasteiger partial charge on any atom is 0.123 e. The Hall–Kier alpha value is -2.16. The summed E-state index contributed by atoms with van der Waals surface area (Å²) in [7, 11) is 0. The van der Waals surface area contributed by atoms with E-state index in [1.54, 1.807) is 0 Å². The van der Waals surface area contributed by atoms with Crippen LogP contribution in [-0.4, -0.2) is 6.10 Å². The van der Waals surface area contributed by atoms with Crippen LogP contribution >= 0.6 is 0 Å². The highest BCUT2D eigenvalue weighted by Gasteiger charge is 2.09. The van der Waals surface area contributed by atoms with E-state index in [4.69, 9.17) is 10.5 Å². The molecule has 0 aliphatic heterocycles. The number of nitrogens with one attached hydrogen (secondary N) is 1. The lowest BCUT2D eigenvalue weighted by atomic mass is 10.0. The molecule has 112 valence electrons. The van der Waals surface area contributed by atoms with Crippen LogP contribution in [0.4, 0.5) is 11.4 Å². The highest BCUT2D eigenvalue weighted by molar-refractivity contribution is 5.60. The Kier molecular flexibility index (Phi) is 4.73. The fraction of sp³-hybridized carbons (Fsp3) is 0.333. The number of hydrogen-bond donors (Lipinski definition) is 2. The SMILES string of the molecule is Cc1ccccc1C(C)Nc1cc(N)cc(OC(C)C)c1. The second-order valence-electron chi connectivity index (χ2n) is 5.68. The Morgan fingerprint density at radius 2 is 1.76 bits per heavy atom. The Morgan fingerprint density at radius 1 is 1.05 bits per heavy atom. The number of ether oxygens (including phenoxy) is 1. The molecule has 0 amide bonds. The molecule has 0 bridgehead atoms. The lowest BCUT2D eigenvalue weighted by molar-refractivity contribution is 0.242. The zero-order chi connectivity index (χ0) is 15.4. The van der Waals surface area contributed by atoms with Crippen molar-refractivity contribution < 1.29 is 4.74 Å². The summed E-state index contributed by atoms with van der Waals surface area (Å²) in [6.45, 7) is 8.28. The van der Waals surface area contributed by atoms with Gasteiger partial charge in [-0.05, 0) is 44.9 Å². The molecule has 0 aliphatic rings. The molecule has 0 saturated heterocycles. The third kappa shape index (κ3) is 4.15. The molecule has 3 nitrogen and oxygen atoms in total. The topological polar surface area (TPSA) is 47.3 Å². The van der Waals surface area contributed by atoms with Gasteiger partial charge in [-0.1, -0.05) is 24.3 Å². The molecule has 0 spiro atoms. The maximum absolute atomic E-state index is 5.96. The van der Waals surface area contributed by atoms with Crippen LogP contribution in [0, 0.1) is 6.92 Å². The largest absolute Gasteiger partial charge is 0.491 e. The minimum absolute atomic E-state index is 0.133. The first-order valence-corrected chi connectivity index (χ1v) is 7.35. The number of nitrogens with two attached hydrogens (primary N) is 1. The minimum Gasteiger partial charge on any atom is -0.491 e. The Morgan fingerprint density at radius 3 is 2.43 bits per heavy atom. The Bertz CT molecular complexity index is 608. The maximum atomic E-state index is 5.96. The van der Waals surface area contributed by atoms with Gasteiger partial charge in [0.15, 0.2) is 0 Å². The van der Waals surface area contributed by atoms with Gasteiger partial charge in [0.25, 0.3) is 0 Å². The van der Waals surface area contributed by atoms with Crippen molar-refractivity contribution >= 4 is 11.4 Å². The monoisotopic (exact) mass is 284 g/mol.